The topological polar surface area (TPSA) is 59.4 Å². The highest BCUT2D eigenvalue weighted by molar-refractivity contribution is 5.87. The zero-order chi connectivity index (χ0) is 9.42. The Labute approximate surface area is 75.8 Å². The summed E-state index contributed by atoms with van der Waals surface area (Å²) in [7, 11) is 0. The molecule has 1 aromatic heterocycles. The molecule has 68 valence electrons. The Hall–Kier alpha value is -1.48. The first kappa shape index (κ1) is 8.13. The van der Waals surface area contributed by atoms with Gasteiger partial charge in [-0.15, -0.1) is 0 Å². The van der Waals surface area contributed by atoms with Crippen molar-refractivity contribution in [1.82, 2.24) is 0 Å². The highest BCUT2D eigenvalue weighted by atomic mass is 16.3. The van der Waals surface area contributed by atoms with Crippen LogP contribution in [0.3, 0.4) is 0 Å². The normalized spacial score (nSPS) is 13.4. The molecule has 0 saturated carbocycles. The minimum Gasteiger partial charge on any atom is -0.507 e. The highest BCUT2D eigenvalue weighted by Crippen LogP contribution is 2.31. The van der Waals surface area contributed by atoms with Crippen LogP contribution in [-0.4, -0.2) is 5.11 Å². The van der Waals surface area contributed by atoms with Crippen molar-refractivity contribution in [3.05, 3.63) is 30.0 Å². The van der Waals surface area contributed by atoms with Crippen molar-refractivity contribution in [2.75, 3.05) is 0 Å². The predicted octanol–water partition coefficient (Wildman–Crippen LogP) is 2.16. The van der Waals surface area contributed by atoms with Crippen LogP contribution in [-0.2, 0) is 0 Å². The maximum absolute atomic E-state index is 9.57. The molecule has 0 radical (unpaired) electrons. The molecule has 3 N–H and O–H groups in total. The quantitative estimate of drug-likeness (QED) is 0.701. The number of aromatic hydroxyl groups is 1. The van der Waals surface area contributed by atoms with Crippen LogP contribution >= 0.6 is 0 Å². The number of fused-ring (bicyclic) bond motifs is 1. The Morgan fingerprint density at radius 2 is 2.23 bits per heavy atom. The lowest BCUT2D eigenvalue weighted by Crippen LogP contribution is -2.03. The van der Waals surface area contributed by atoms with Gasteiger partial charge in [0.05, 0.1) is 11.6 Å². The van der Waals surface area contributed by atoms with Gasteiger partial charge in [-0.1, -0.05) is 6.07 Å². The lowest BCUT2D eigenvalue weighted by atomic mass is 10.1. The van der Waals surface area contributed by atoms with Crippen molar-refractivity contribution in [2.24, 2.45) is 5.73 Å². The molecule has 0 spiro atoms. The van der Waals surface area contributed by atoms with Gasteiger partial charge in [-0.2, -0.15) is 0 Å². The summed E-state index contributed by atoms with van der Waals surface area (Å²) in [5, 5.41) is 10.3. The summed E-state index contributed by atoms with van der Waals surface area (Å²) < 4.78 is 5.25. The van der Waals surface area contributed by atoms with E-state index in [-0.39, 0.29) is 11.8 Å². The molecular formula is C10H11NO2. The second kappa shape index (κ2) is 2.78. The molecule has 0 saturated heterocycles. The van der Waals surface area contributed by atoms with Gasteiger partial charge in [0.1, 0.15) is 11.3 Å². The van der Waals surface area contributed by atoms with Gasteiger partial charge in [-0.3, -0.25) is 0 Å². The van der Waals surface area contributed by atoms with Crippen LogP contribution in [0, 0.1) is 0 Å². The zero-order valence-electron chi connectivity index (χ0n) is 7.32. The third-order valence-electron chi connectivity index (χ3n) is 2.10. The molecule has 3 heteroatoms. The molecule has 0 amide bonds. The number of rotatable bonds is 1. The van der Waals surface area contributed by atoms with Gasteiger partial charge in [-0.25, -0.2) is 0 Å². The van der Waals surface area contributed by atoms with Gasteiger partial charge in [0.25, 0.3) is 0 Å². The predicted molar refractivity (Wildman–Crippen MR) is 50.5 cm³/mol. The molecule has 0 aliphatic carbocycles. The molecule has 0 aliphatic heterocycles. The van der Waals surface area contributed by atoms with E-state index in [1.165, 1.54) is 0 Å². The van der Waals surface area contributed by atoms with E-state index in [1.807, 2.05) is 6.92 Å². The largest absolute Gasteiger partial charge is 0.507 e. The first-order valence-electron chi connectivity index (χ1n) is 4.15. The number of phenols is 1. The van der Waals surface area contributed by atoms with Crippen molar-refractivity contribution in [1.29, 1.82) is 0 Å². The number of hydrogen-bond acceptors (Lipinski definition) is 3. The van der Waals surface area contributed by atoms with E-state index in [0.29, 0.717) is 5.58 Å². The van der Waals surface area contributed by atoms with Gasteiger partial charge in [-0.05, 0) is 19.1 Å². The van der Waals surface area contributed by atoms with E-state index < -0.39 is 0 Å². The fraction of sp³-hybridized carbons (Fsp3) is 0.200. The number of phenolic OH excluding ortho intramolecular Hbond substituents is 1. The Balaban J connectivity index is 2.79. The fourth-order valence-electron chi connectivity index (χ4n) is 1.43. The molecule has 1 aromatic carbocycles. The average molecular weight is 177 g/mol. The minimum atomic E-state index is -0.130. The minimum absolute atomic E-state index is 0.130. The molecule has 1 heterocycles. The molecule has 0 aliphatic rings. The maximum Gasteiger partial charge on any atom is 0.137 e. The third kappa shape index (κ3) is 1.17. The molecule has 1 atom stereocenters. The number of hydrogen-bond donors (Lipinski definition) is 2. The standard InChI is InChI=1S/C10H11NO2/c1-6(11)7-5-13-9-4-2-3-8(12)10(7)9/h2-6,12H,11H2,1H3. The summed E-state index contributed by atoms with van der Waals surface area (Å²) in [6.07, 6.45) is 1.59. The Morgan fingerprint density at radius 3 is 2.92 bits per heavy atom. The van der Waals surface area contributed by atoms with Gasteiger partial charge in [0.15, 0.2) is 0 Å². The van der Waals surface area contributed by atoms with Gasteiger partial charge < -0.3 is 15.3 Å². The monoisotopic (exact) mass is 177 g/mol. The van der Waals surface area contributed by atoms with Crippen molar-refractivity contribution < 1.29 is 9.52 Å². The van der Waals surface area contributed by atoms with E-state index in [2.05, 4.69) is 0 Å². The SMILES string of the molecule is CC(N)c1coc2cccc(O)c12. The zero-order valence-corrected chi connectivity index (χ0v) is 7.32. The van der Waals surface area contributed by atoms with Crippen molar-refractivity contribution in [3.63, 3.8) is 0 Å². The summed E-state index contributed by atoms with van der Waals surface area (Å²) in [6.45, 7) is 1.86. The first-order valence-corrected chi connectivity index (χ1v) is 4.15. The molecular weight excluding hydrogens is 166 g/mol. The highest BCUT2D eigenvalue weighted by Gasteiger charge is 2.12. The number of benzene rings is 1. The lowest BCUT2D eigenvalue weighted by molar-refractivity contribution is 0.481. The van der Waals surface area contributed by atoms with Crippen molar-refractivity contribution >= 4 is 11.0 Å². The van der Waals surface area contributed by atoms with Crippen LogP contribution in [0.1, 0.15) is 18.5 Å². The van der Waals surface area contributed by atoms with Gasteiger partial charge in [0.2, 0.25) is 0 Å². The van der Waals surface area contributed by atoms with Gasteiger partial charge in [0, 0.05) is 11.6 Å². The van der Waals surface area contributed by atoms with Crippen LogP contribution in [0.25, 0.3) is 11.0 Å². The van der Waals surface area contributed by atoms with Crippen LogP contribution in [0.2, 0.25) is 0 Å². The molecule has 2 rings (SSSR count). The molecule has 13 heavy (non-hydrogen) atoms. The van der Waals surface area contributed by atoms with E-state index in [9.17, 15) is 5.11 Å². The Morgan fingerprint density at radius 1 is 1.46 bits per heavy atom. The van der Waals surface area contributed by atoms with E-state index >= 15 is 0 Å². The smallest absolute Gasteiger partial charge is 0.137 e. The van der Waals surface area contributed by atoms with Crippen LogP contribution in [0.4, 0.5) is 0 Å². The van der Waals surface area contributed by atoms with Crippen LogP contribution in [0.5, 0.6) is 5.75 Å². The van der Waals surface area contributed by atoms with Crippen molar-refractivity contribution in [2.45, 2.75) is 13.0 Å². The average Bonchev–Trinajstić information content (AvgIpc) is 2.49. The van der Waals surface area contributed by atoms with Crippen LogP contribution < -0.4 is 5.73 Å². The van der Waals surface area contributed by atoms with E-state index in [1.54, 1.807) is 24.5 Å². The second-order valence-electron chi connectivity index (χ2n) is 3.13. The molecule has 3 nitrogen and oxygen atoms in total. The van der Waals surface area contributed by atoms with Crippen LogP contribution in [0.15, 0.2) is 28.9 Å². The van der Waals surface area contributed by atoms with E-state index in [4.69, 9.17) is 10.2 Å². The molecule has 2 aromatic rings. The second-order valence-corrected chi connectivity index (χ2v) is 3.13. The summed E-state index contributed by atoms with van der Waals surface area (Å²) >= 11 is 0. The summed E-state index contributed by atoms with van der Waals surface area (Å²) in [5.41, 5.74) is 7.24. The number of furan rings is 1. The molecule has 1 unspecified atom stereocenters. The first-order chi connectivity index (χ1) is 6.20. The summed E-state index contributed by atoms with van der Waals surface area (Å²) in [4.78, 5) is 0. The van der Waals surface area contributed by atoms with Gasteiger partial charge >= 0.3 is 0 Å². The third-order valence-corrected chi connectivity index (χ3v) is 2.10. The van der Waals surface area contributed by atoms with E-state index in [0.717, 1.165) is 10.9 Å². The summed E-state index contributed by atoms with van der Waals surface area (Å²) in [5.74, 6) is 0.221. The lowest BCUT2D eigenvalue weighted by Gasteiger charge is -2.02. The molecule has 0 fully saturated rings. The summed E-state index contributed by atoms with van der Waals surface area (Å²) in [6, 6.07) is 5.05. The maximum atomic E-state index is 9.57. The fourth-order valence-corrected chi connectivity index (χ4v) is 1.43. The Bertz CT molecular complexity index is 431. The van der Waals surface area contributed by atoms with Crippen molar-refractivity contribution in [3.8, 4) is 5.75 Å². The molecule has 0 bridgehead atoms. The Kier molecular flexibility index (Phi) is 1.74. The number of nitrogens with two attached hydrogens (primary N) is 1.